The van der Waals surface area contributed by atoms with E-state index >= 15 is 0 Å². The van der Waals surface area contributed by atoms with Gasteiger partial charge in [-0.1, -0.05) is 12.1 Å². The van der Waals surface area contributed by atoms with E-state index in [0.29, 0.717) is 23.4 Å². The first-order chi connectivity index (χ1) is 18.4. The van der Waals surface area contributed by atoms with Gasteiger partial charge in [-0.2, -0.15) is 0 Å². The minimum atomic E-state index is -0.121. The molecule has 5 rings (SSSR count). The molecule has 2 aromatic heterocycles. The van der Waals surface area contributed by atoms with Gasteiger partial charge in [0.2, 0.25) is 11.9 Å². The number of hydrogen-bond acceptors (Lipinski definition) is 8. The van der Waals surface area contributed by atoms with Crippen molar-refractivity contribution in [3.8, 4) is 22.8 Å². The fraction of sp³-hybridized carbons (Fsp3) is 0.321. The molecule has 0 unspecified atom stereocenters. The number of aromatic amines is 1. The summed E-state index contributed by atoms with van der Waals surface area (Å²) in [6, 6.07) is 12.3. The molecule has 1 saturated heterocycles. The molecule has 0 aliphatic carbocycles. The number of fused-ring (bicyclic) bond motifs is 1. The van der Waals surface area contributed by atoms with Crippen LogP contribution in [0.5, 0.6) is 11.5 Å². The minimum absolute atomic E-state index is 0.121. The number of carbonyl (C=O) groups is 1. The van der Waals surface area contributed by atoms with Gasteiger partial charge in [0.15, 0.2) is 5.75 Å². The second-order valence-electron chi connectivity index (χ2n) is 9.59. The summed E-state index contributed by atoms with van der Waals surface area (Å²) in [5, 5.41) is 7.25. The summed E-state index contributed by atoms with van der Waals surface area (Å²) in [6.45, 7) is 3.36. The zero-order chi connectivity index (χ0) is 26.8. The molecule has 4 aromatic rings. The van der Waals surface area contributed by atoms with Gasteiger partial charge in [0, 0.05) is 48.9 Å². The van der Waals surface area contributed by atoms with Gasteiger partial charge in [-0.15, -0.1) is 0 Å². The predicted octanol–water partition coefficient (Wildman–Crippen LogP) is 4.48. The number of methoxy groups -OCH3 is 2. The second-order valence-corrected chi connectivity index (χ2v) is 9.59. The summed E-state index contributed by atoms with van der Waals surface area (Å²) >= 11 is 0. The van der Waals surface area contributed by atoms with Crippen molar-refractivity contribution in [3.05, 3.63) is 48.8 Å². The lowest BCUT2D eigenvalue weighted by Gasteiger charge is -2.24. The highest BCUT2D eigenvalue weighted by Gasteiger charge is 2.26. The van der Waals surface area contributed by atoms with E-state index in [9.17, 15) is 4.79 Å². The topological polar surface area (TPSA) is 108 Å². The number of anilines is 4. The van der Waals surface area contributed by atoms with Crippen molar-refractivity contribution in [2.45, 2.75) is 19.4 Å². The monoisotopic (exact) mass is 515 g/mol. The molecule has 0 saturated carbocycles. The van der Waals surface area contributed by atoms with Crippen LogP contribution >= 0.6 is 0 Å². The van der Waals surface area contributed by atoms with E-state index in [2.05, 4.69) is 44.5 Å². The second kappa shape index (κ2) is 10.6. The van der Waals surface area contributed by atoms with Gasteiger partial charge in [0.25, 0.3) is 0 Å². The van der Waals surface area contributed by atoms with E-state index < -0.39 is 0 Å². The van der Waals surface area contributed by atoms with Gasteiger partial charge >= 0.3 is 0 Å². The number of ether oxygens (including phenoxy) is 2. The first-order valence-electron chi connectivity index (χ1n) is 12.5. The number of para-hydroxylation sites is 1. The summed E-state index contributed by atoms with van der Waals surface area (Å²) in [7, 11) is 7.45. The normalized spacial score (nSPS) is 15.2. The van der Waals surface area contributed by atoms with Crippen LogP contribution in [0.1, 0.15) is 13.3 Å². The van der Waals surface area contributed by atoms with Gasteiger partial charge in [-0.05, 0) is 44.8 Å². The van der Waals surface area contributed by atoms with E-state index in [1.54, 1.807) is 20.4 Å². The van der Waals surface area contributed by atoms with E-state index in [1.807, 2.05) is 42.6 Å². The number of amides is 1. The summed E-state index contributed by atoms with van der Waals surface area (Å²) < 4.78 is 11.1. The number of carbonyl (C=O) groups excluding carboxylic acids is 1. The van der Waals surface area contributed by atoms with Crippen LogP contribution in [0.2, 0.25) is 0 Å². The predicted molar refractivity (Wildman–Crippen MR) is 151 cm³/mol. The Morgan fingerprint density at radius 3 is 2.68 bits per heavy atom. The van der Waals surface area contributed by atoms with Crippen LogP contribution < -0.4 is 25.0 Å². The molecule has 0 bridgehead atoms. The summed E-state index contributed by atoms with van der Waals surface area (Å²) in [5.74, 6) is 1.59. The quantitative estimate of drug-likeness (QED) is 0.315. The van der Waals surface area contributed by atoms with Crippen molar-refractivity contribution in [1.29, 1.82) is 0 Å². The standard InChI is InChI=1S/C28H33N7O3/c1-17(36)31-22-13-18(9-10-23(22)35-12-11-19(16-35)34(2)3)32-28-30-15-25(38-5)27(33-28)21-14-29-26-20(21)7-6-8-24(26)37-4/h6-10,13-15,19,29H,11-12,16H2,1-5H3,(H,31,36)(H,30,32,33)/t19-/m0/s1. The lowest BCUT2D eigenvalue weighted by molar-refractivity contribution is -0.114. The third-order valence-corrected chi connectivity index (χ3v) is 6.93. The number of likely N-dealkylation sites (N-methyl/N-ethyl adjacent to an activating group) is 1. The van der Waals surface area contributed by atoms with Gasteiger partial charge in [-0.25, -0.2) is 9.97 Å². The molecule has 0 spiro atoms. The van der Waals surface area contributed by atoms with Crippen LogP contribution in [0, 0.1) is 0 Å². The molecule has 3 heterocycles. The van der Waals surface area contributed by atoms with Crippen molar-refractivity contribution in [1.82, 2.24) is 19.9 Å². The number of benzene rings is 2. The molecule has 38 heavy (non-hydrogen) atoms. The zero-order valence-corrected chi connectivity index (χ0v) is 22.3. The molecular formula is C28H33N7O3. The molecule has 3 N–H and O–H groups in total. The minimum Gasteiger partial charge on any atom is -0.495 e. The van der Waals surface area contributed by atoms with Crippen molar-refractivity contribution < 1.29 is 14.3 Å². The Balaban J connectivity index is 1.47. The van der Waals surface area contributed by atoms with Crippen molar-refractivity contribution in [2.75, 3.05) is 56.9 Å². The van der Waals surface area contributed by atoms with Gasteiger partial charge in [0.1, 0.15) is 11.4 Å². The maximum Gasteiger partial charge on any atom is 0.227 e. The maximum absolute atomic E-state index is 12.0. The summed E-state index contributed by atoms with van der Waals surface area (Å²) in [5.41, 5.74) is 4.92. The molecule has 1 aliphatic heterocycles. The van der Waals surface area contributed by atoms with Gasteiger partial charge in [-0.3, -0.25) is 4.79 Å². The van der Waals surface area contributed by atoms with Gasteiger partial charge in [0.05, 0.1) is 37.3 Å². The third kappa shape index (κ3) is 4.95. The Hall–Kier alpha value is -4.31. The molecule has 1 aliphatic rings. The molecular weight excluding hydrogens is 482 g/mol. The van der Waals surface area contributed by atoms with Crippen LogP contribution in [0.4, 0.5) is 23.0 Å². The smallest absolute Gasteiger partial charge is 0.227 e. The SMILES string of the molecule is COc1cnc(Nc2ccc(N3CC[C@H](N(C)C)C3)c(NC(C)=O)c2)nc1-c1c[nH]c2c(OC)cccc12. The fourth-order valence-electron chi connectivity index (χ4n) is 4.96. The Kier molecular flexibility index (Phi) is 7.06. The van der Waals surface area contributed by atoms with Gasteiger partial charge < -0.3 is 34.9 Å². The number of rotatable bonds is 8. The first-order valence-corrected chi connectivity index (χ1v) is 12.5. The lowest BCUT2D eigenvalue weighted by atomic mass is 10.1. The highest BCUT2D eigenvalue weighted by atomic mass is 16.5. The number of nitrogens with zero attached hydrogens (tertiary/aromatic N) is 4. The largest absolute Gasteiger partial charge is 0.495 e. The van der Waals surface area contributed by atoms with Crippen molar-refractivity contribution >= 4 is 39.8 Å². The van der Waals surface area contributed by atoms with Crippen molar-refractivity contribution in [3.63, 3.8) is 0 Å². The lowest BCUT2D eigenvalue weighted by Crippen LogP contribution is -2.31. The van der Waals surface area contributed by atoms with Crippen molar-refractivity contribution in [2.24, 2.45) is 0 Å². The molecule has 198 valence electrons. The molecule has 1 atom stereocenters. The van der Waals surface area contributed by atoms with Crippen LogP contribution in [0.15, 0.2) is 48.8 Å². The van der Waals surface area contributed by atoms with E-state index in [1.165, 1.54) is 6.92 Å². The molecule has 10 nitrogen and oxygen atoms in total. The summed E-state index contributed by atoms with van der Waals surface area (Å²) in [6.07, 6.45) is 4.62. The Labute approximate surface area is 222 Å². The molecule has 2 aromatic carbocycles. The first kappa shape index (κ1) is 25.3. The number of aromatic nitrogens is 3. The van der Waals surface area contributed by atoms with Crippen LogP contribution in [0.3, 0.4) is 0 Å². The average molecular weight is 516 g/mol. The molecule has 0 radical (unpaired) electrons. The average Bonchev–Trinajstić information content (AvgIpc) is 3.56. The van der Waals surface area contributed by atoms with Crippen LogP contribution in [-0.2, 0) is 4.79 Å². The Morgan fingerprint density at radius 2 is 1.97 bits per heavy atom. The highest BCUT2D eigenvalue weighted by molar-refractivity contribution is 5.99. The third-order valence-electron chi connectivity index (χ3n) is 6.93. The molecule has 1 amide bonds. The zero-order valence-electron chi connectivity index (χ0n) is 22.3. The number of hydrogen-bond donors (Lipinski definition) is 3. The van der Waals surface area contributed by atoms with Crippen LogP contribution in [0.25, 0.3) is 22.2 Å². The summed E-state index contributed by atoms with van der Waals surface area (Å²) in [4.78, 5) is 29.1. The van der Waals surface area contributed by atoms with E-state index in [-0.39, 0.29) is 5.91 Å². The Morgan fingerprint density at radius 1 is 1.16 bits per heavy atom. The van der Waals surface area contributed by atoms with E-state index in [4.69, 9.17) is 14.5 Å². The molecule has 1 fully saturated rings. The molecule has 10 heteroatoms. The number of H-pyrrole nitrogens is 1. The number of nitrogens with one attached hydrogen (secondary N) is 3. The fourth-order valence-corrected chi connectivity index (χ4v) is 4.96. The van der Waals surface area contributed by atoms with E-state index in [0.717, 1.165) is 58.8 Å². The highest BCUT2D eigenvalue weighted by Crippen LogP contribution is 2.38. The maximum atomic E-state index is 12.0. The Bertz CT molecular complexity index is 1470. The van der Waals surface area contributed by atoms with Crippen LogP contribution in [-0.4, -0.2) is 73.2 Å².